The lowest BCUT2D eigenvalue weighted by atomic mass is 10.0. The zero-order valence-electron chi connectivity index (χ0n) is 11.8. The topological polar surface area (TPSA) is 87.7 Å². The van der Waals surface area contributed by atoms with Crippen LogP contribution < -0.4 is 10.6 Å². The van der Waals surface area contributed by atoms with Crippen LogP contribution in [0.1, 0.15) is 44.9 Å². The van der Waals surface area contributed by atoms with Crippen molar-refractivity contribution in [3.63, 3.8) is 0 Å². The number of amides is 2. The van der Waals surface area contributed by atoms with E-state index in [9.17, 15) is 9.59 Å². The molecule has 0 radical (unpaired) electrons. The number of carboxylic acid groups (broad SMARTS) is 1. The summed E-state index contributed by atoms with van der Waals surface area (Å²) in [5.41, 5.74) is 0. The van der Waals surface area contributed by atoms with Crippen LogP contribution in [0.25, 0.3) is 0 Å². The highest BCUT2D eigenvalue weighted by molar-refractivity contribution is 5.76. The first-order valence-corrected chi connectivity index (χ1v) is 7.55. The molecule has 6 heteroatoms. The Balaban J connectivity index is 1.58. The fraction of sp³-hybridized carbons (Fsp3) is 0.857. The van der Waals surface area contributed by atoms with E-state index in [1.807, 2.05) is 0 Å². The van der Waals surface area contributed by atoms with Crippen LogP contribution >= 0.6 is 0 Å². The summed E-state index contributed by atoms with van der Waals surface area (Å²) in [6.07, 6.45) is 7.29. The zero-order valence-corrected chi connectivity index (χ0v) is 11.8. The Hall–Kier alpha value is -1.30. The summed E-state index contributed by atoms with van der Waals surface area (Å²) in [5, 5.41) is 14.5. The Bertz CT molecular complexity index is 342. The first-order valence-electron chi connectivity index (χ1n) is 7.55. The van der Waals surface area contributed by atoms with E-state index in [0.717, 1.165) is 25.7 Å². The van der Waals surface area contributed by atoms with E-state index in [4.69, 9.17) is 9.84 Å². The number of hydrogen-bond acceptors (Lipinski definition) is 3. The second-order valence-corrected chi connectivity index (χ2v) is 5.66. The van der Waals surface area contributed by atoms with E-state index in [2.05, 4.69) is 10.6 Å². The molecule has 0 aromatic heterocycles. The third kappa shape index (κ3) is 4.37. The van der Waals surface area contributed by atoms with Crippen LogP contribution in [-0.4, -0.2) is 42.4 Å². The summed E-state index contributed by atoms with van der Waals surface area (Å²) in [7, 11) is 0. The molecule has 2 saturated carbocycles. The minimum atomic E-state index is -0.822. The lowest BCUT2D eigenvalue weighted by Gasteiger charge is -2.18. The summed E-state index contributed by atoms with van der Waals surface area (Å²) >= 11 is 0. The smallest absolute Gasteiger partial charge is 0.315 e. The number of ether oxygens (including phenoxy) is 1. The molecule has 0 bridgehead atoms. The Morgan fingerprint density at radius 1 is 1.10 bits per heavy atom. The number of carboxylic acids is 1. The molecule has 20 heavy (non-hydrogen) atoms. The van der Waals surface area contributed by atoms with Gasteiger partial charge >= 0.3 is 12.0 Å². The van der Waals surface area contributed by atoms with Crippen molar-refractivity contribution < 1.29 is 19.4 Å². The van der Waals surface area contributed by atoms with E-state index < -0.39 is 11.9 Å². The van der Waals surface area contributed by atoms with Crippen LogP contribution in [-0.2, 0) is 9.53 Å². The second kappa shape index (κ2) is 7.47. The van der Waals surface area contributed by atoms with Crippen molar-refractivity contribution >= 4 is 12.0 Å². The number of carbonyl (C=O) groups is 2. The van der Waals surface area contributed by atoms with Crippen molar-refractivity contribution in [3.05, 3.63) is 0 Å². The van der Waals surface area contributed by atoms with Gasteiger partial charge in [-0.05, 0) is 25.7 Å². The van der Waals surface area contributed by atoms with Crippen LogP contribution in [0, 0.1) is 5.92 Å². The van der Waals surface area contributed by atoms with Crippen LogP contribution in [0.2, 0.25) is 0 Å². The van der Waals surface area contributed by atoms with E-state index >= 15 is 0 Å². The predicted octanol–water partition coefficient (Wildman–Crippen LogP) is 1.50. The third-order valence-corrected chi connectivity index (χ3v) is 4.19. The summed E-state index contributed by atoms with van der Waals surface area (Å²) in [6, 6.07) is -0.540. The molecule has 0 spiro atoms. The Morgan fingerprint density at radius 3 is 2.55 bits per heavy atom. The molecule has 6 nitrogen and oxygen atoms in total. The lowest BCUT2D eigenvalue weighted by molar-refractivity contribution is -0.142. The molecule has 2 fully saturated rings. The van der Waals surface area contributed by atoms with Gasteiger partial charge in [-0.25, -0.2) is 4.79 Å². The van der Waals surface area contributed by atoms with Crippen molar-refractivity contribution in [2.45, 2.75) is 57.1 Å². The van der Waals surface area contributed by atoms with Crippen molar-refractivity contribution in [3.8, 4) is 0 Å². The highest BCUT2D eigenvalue weighted by Gasteiger charge is 2.33. The molecule has 0 aliphatic heterocycles. The van der Waals surface area contributed by atoms with Gasteiger partial charge in [-0.1, -0.05) is 19.3 Å². The highest BCUT2D eigenvalue weighted by atomic mass is 16.5. The molecule has 114 valence electrons. The number of rotatable bonds is 6. The first kappa shape index (κ1) is 15.1. The van der Waals surface area contributed by atoms with Gasteiger partial charge in [0, 0.05) is 12.6 Å². The largest absolute Gasteiger partial charge is 0.481 e. The fourth-order valence-corrected chi connectivity index (χ4v) is 3.09. The predicted molar refractivity (Wildman–Crippen MR) is 73.5 cm³/mol. The van der Waals surface area contributed by atoms with Crippen LogP contribution in [0.3, 0.4) is 0 Å². The summed E-state index contributed by atoms with van der Waals surface area (Å²) in [4.78, 5) is 22.7. The van der Waals surface area contributed by atoms with Crippen molar-refractivity contribution in [2.75, 3.05) is 13.2 Å². The number of carbonyl (C=O) groups excluding carboxylic acids is 1. The van der Waals surface area contributed by atoms with Crippen LogP contribution in [0.4, 0.5) is 4.79 Å². The van der Waals surface area contributed by atoms with Gasteiger partial charge in [0.1, 0.15) is 0 Å². The summed E-state index contributed by atoms with van der Waals surface area (Å²) < 4.78 is 5.65. The lowest BCUT2D eigenvalue weighted by Crippen LogP contribution is -2.46. The van der Waals surface area contributed by atoms with Gasteiger partial charge in [0.05, 0.1) is 18.6 Å². The van der Waals surface area contributed by atoms with Crippen LogP contribution in [0.15, 0.2) is 0 Å². The number of aliphatic carboxylic acids is 1. The van der Waals surface area contributed by atoms with Gasteiger partial charge in [0.15, 0.2) is 0 Å². The average Bonchev–Trinajstić information content (AvgIpc) is 3.05. The average molecular weight is 284 g/mol. The first-order chi connectivity index (χ1) is 9.66. The van der Waals surface area contributed by atoms with E-state index in [-0.39, 0.29) is 12.1 Å². The van der Waals surface area contributed by atoms with Crippen molar-refractivity contribution in [1.82, 2.24) is 10.6 Å². The summed E-state index contributed by atoms with van der Waals surface area (Å²) in [6.45, 7) is 0.984. The molecule has 2 amide bonds. The highest BCUT2D eigenvalue weighted by Crippen LogP contribution is 2.25. The second-order valence-electron chi connectivity index (χ2n) is 5.66. The van der Waals surface area contributed by atoms with Gasteiger partial charge in [-0.2, -0.15) is 0 Å². The van der Waals surface area contributed by atoms with Crippen molar-refractivity contribution in [1.29, 1.82) is 0 Å². The molecule has 0 heterocycles. The molecule has 2 rings (SSSR count). The molecular formula is C14H24N2O4. The molecule has 3 N–H and O–H groups in total. The SMILES string of the molecule is O=C(NCCOC1CCCC1)NC1CCCC1C(=O)O. The van der Waals surface area contributed by atoms with Crippen LogP contribution in [0.5, 0.6) is 0 Å². The van der Waals surface area contributed by atoms with Gasteiger partial charge < -0.3 is 20.5 Å². The fourth-order valence-electron chi connectivity index (χ4n) is 3.09. The summed E-state index contributed by atoms with van der Waals surface area (Å²) in [5.74, 6) is -1.27. The number of nitrogens with one attached hydrogen (secondary N) is 2. The monoisotopic (exact) mass is 284 g/mol. The van der Waals surface area contributed by atoms with E-state index in [1.165, 1.54) is 12.8 Å². The maximum atomic E-state index is 11.7. The molecule has 2 atom stereocenters. The third-order valence-electron chi connectivity index (χ3n) is 4.19. The Kier molecular flexibility index (Phi) is 5.64. The molecular weight excluding hydrogens is 260 g/mol. The molecule has 0 aromatic carbocycles. The van der Waals surface area contributed by atoms with Gasteiger partial charge in [0.25, 0.3) is 0 Å². The molecule has 0 aromatic rings. The molecule has 2 aliphatic carbocycles. The maximum absolute atomic E-state index is 11.7. The quantitative estimate of drug-likeness (QED) is 0.645. The molecule has 2 unspecified atom stereocenters. The van der Waals surface area contributed by atoms with Crippen molar-refractivity contribution in [2.24, 2.45) is 5.92 Å². The standard InChI is InChI=1S/C14H24N2O4/c17-13(18)11-6-3-7-12(11)16-14(19)15-8-9-20-10-4-1-2-5-10/h10-12H,1-9H2,(H,17,18)(H2,15,16,19). The normalized spacial score (nSPS) is 26.6. The zero-order chi connectivity index (χ0) is 14.4. The van der Waals surface area contributed by atoms with E-state index in [1.54, 1.807) is 0 Å². The number of urea groups is 1. The maximum Gasteiger partial charge on any atom is 0.315 e. The minimum Gasteiger partial charge on any atom is -0.481 e. The van der Waals surface area contributed by atoms with Gasteiger partial charge in [-0.15, -0.1) is 0 Å². The Labute approximate surface area is 119 Å². The molecule has 0 saturated heterocycles. The van der Waals surface area contributed by atoms with Gasteiger partial charge in [-0.3, -0.25) is 4.79 Å². The molecule has 2 aliphatic rings. The number of hydrogen-bond donors (Lipinski definition) is 3. The Morgan fingerprint density at radius 2 is 1.85 bits per heavy atom. The van der Waals surface area contributed by atoms with E-state index in [0.29, 0.717) is 25.7 Å². The van der Waals surface area contributed by atoms with Gasteiger partial charge in [0.2, 0.25) is 0 Å². The minimum absolute atomic E-state index is 0.247.